The number of rotatable bonds is 7. The Morgan fingerprint density at radius 3 is 2.75 bits per heavy atom. The molecule has 1 amide bonds. The van der Waals surface area contributed by atoms with Gasteiger partial charge in [0, 0.05) is 21.6 Å². The monoisotopic (exact) mass is 514 g/mol. The molecule has 0 aliphatic rings. The first-order valence-corrected chi connectivity index (χ1v) is 12.8. The van der Waals surface area contributed by atoms with Gasteiger partial charge in [-0.15, -0.1) is 0 Å². The third-order valence-electron chi connectivity index (χ3n) is 5.33. The molecule has 4 rings (SSSR count). The van der Waals surface area contributed by atoms with Crippen LogP contribution in [0.25, 0.3) is 21.8 Å². The van der Waals surface area contributed by atoms with Crippen molar-refractivity contribution in [2.75, 3.05) is 5.75 Å². The van der Waals surface area contributed by atoms with E-state index in [4.69, 9.17) is 0 Å². The van der Waals surface area contributed by atoms with Gasteiger partial charge < -0.3 is 4.57 Å². The summed E-state index contributed by atoms with van der Waals surface area (Å²) in [5, 5.41) is 2.11. The molecule has 0 radical (unpaired) electrons. The summed E-state index contributed by atoms with van der Waals surface area (Å²) in [6.45, 7) is 4.25. The second-order valence-electron chi connectivity index (χ2n) is 7.66. The minimum Gasteiger partial charge on any atom is -0.322 e. The van der Waals surface area contributed by atoms with Crippen molar-refractivity contribution in [3.8, 4) is 0 Å². The maximum absolute atomic E-state index is 12.6. The largest absolute Gasteiger partial charge is 0.322 e. The van der Waals surface area contributed by atoms with Gasteiger partial charge >= 0.3 is 0 Å². The fraction of sp³-hybridized carbons (Fsp3) is 0.261. The van der Waals surface area contributed by atoms with Gasteiger partial charge in [0.2, 0.25) is 10.0 Å². The molecule has 9 heteroatoms. The average Bonchev–Trinajstić information content (AvgIpc) is 3.08. The fourth-order valence-corrected chi connectivity index (χ4v) is 5.36. The van der Waals surface area contributed by atoms with Gasteiger partial charge in [-0.2, -0.15) is 0 Å². The number of carbonyl (C=O) groups excluding carboxylic acids is 1. The lowest BCUT2D eigenvalue weighted by Crippen LogP contribution is -2.32. The molecule has 0 aliphatic heterocycles. The number of carbonyl (C=O) groups is 1. The van der Waals surface area contributed by atoms with Gasteiger partial charge in [-0.3, -0.25) is 9.78 Å². The number of imidazole rings is 1. The van der Waals surface area contributed by atoms with E-state index in [1.807, 2.05) is 48.9 Å². The second-order valence-corrected chi connectivity index (χ2v) is 10.3. The van der Waals surface area contributed by atoms with Crippen LogP contribution in [0.1, 0.15) is 41.6 Å². The van der Waals surface area contributed by atoms with Crippen LogP contribution in [0.4, 0.5) is 0 Å². The average molecular weight is 515 g/mol. The van der Waals surface area contributed by atoms with Crippen LogP contribution < -0.4 is 4.72 Å². The van der Waals surface area contributed by atoms with Crippen molar-refractivity contribution in [3.63, 3.8) is 0 Å². The summed E-state index contributed by atoms with van der Waals surface area (Å²) in [4.78, 5) is 21.8. The predicted molar refractivity (Wildman–Crippen MR) is 129 cm³/mol. The molecular weight excluding hydrogens is 492 g/mol. The Kier molecular flexibility index (Phi) is 6.30. The molecule has 0 spiro atoms. The molecule has 1 N–H and O–H groups in total. The highest BCUT2D eigenvalue weighted by Gasteiger charge is 2.18. The highest BCUT2D eigenvalue weighted by Crippen LogP contribution is 2.28. The lowest BCUT2D eigenvalue weighted by Gasteiger charge is -2.11. The van der Waals surface area contributed by atoms with E-state index in [9.17, 15) is 13.2 Å². The summed E-state index contributed by atoms with van der Waals surface area (Å²) >= 11 is 3.68. The molecule has 0 saturated heterocycles. The second kappa shape index (κ2) is 8.99. The summed E-state index contributed by atoms with van der Waals surface area (Å²) < 4.78 is 29.3. The maximum Gasteiger partial charge on any atom is 0.264 e. The maximum atomic E-state index is 12.6. The van der Waals surface area contributed by atoms with Gasteiger partial charge in [-0.1, -0.05) is 37.6 Å². The summed E-state index contributed by atoms with van der Waals surface area (Å²) in [6.07, 6.45) is 3.07. The Labute approximate surface area is 195 Å². The Bertz CT molecular complexity index is 1430. The molecule has 0 unspecified atom stereocenters. The van der Waals surface area contributed by atoms with Crippen molar-refractivity contribution in [3.05, 3.63) is 70.2 Å². The third kappa shape index (κ3) is 4.54. The van der Waals surface area contributed by atoms with Gasteiger partial charge in [0.25, 0.3) is 5.91 Å². The van der Waals surface area contributed by atoms with Gasteiger partial charge in [0.05, 0.1) is 29.0 Å². The lowest BCUT2D eigenvalue weighted by atomic mass is 10.1. The van der Waals surface area contributed by atoms with Gasteiger partial charge in [-0.25, -0.2) is 18.1 Å². The van der Waals surface area contributed by atoms with E-state index in [-0.39, 0.29) is 11.3 Å². The molecule has 32 heavy (non-hydrogen) atoms. The van der Waals surface area contributed by atoms with Crippen molar-refractivity contribution in [2.24, 2.45) is 0 Å². The summed E-state index contributed by atoms with van der Waals surface area (Å²) in [5.74, 6) is 0.0595. The first-order chi connectivity index (χ1) is 15.3. The predicted octanol–water partition coefficient (Wildman–Crippen LogP) is 4.56. The summed E-state index contributed by atoms with van der Waals surface area (Å²) in [7, 11) is -3.66. The first kappa shape index (κ1) is 22.4. The number of aryl methyl sites for hydroxylation is 1. The van der Waals surface area contributed by atoms with Crippen LogP contribution >= 0.6 is 15.9 Å². The molecule has 2 aromatic carbocycles. The number of amides is 1. The fourth-order valence-electron chi connectivity index (χ4n) is 3.60. The van der Waals surface area contributed by atoms with Crippen molar-refractivity contribution in [2.45, 2.75) is 33.2 Å². The third-order valence-corrected chi connectivity index (χ3v) is 7.54. The molecule has 166 valence electrons. The molecule has 2 heterocycles. The molecule has 2 aromatic heterocycles. The standard InChI is InChI=1S/C23H23BrN4O3S/c1-3-4-11-32(30,31)27-23(29)16-9-10-19-21(12-16)28(15(2)26-19)14-20-22(24)18-8-6-5-7-17(18)13-25-20/h5-10,12-13H,3-4,11,14H2,1-2H3,(H,27,29). The topological polar surface area (TPSA) is 94.0 Å². The Morgan fingerprint density at radius 1 is 1.19 bits per heavy atom. The zero-order chi connectivity index (χ0) is 22.9. The SMILES string of the molecule is CCCCS(=O)(=O)NC(=O)c1ccc2nc(C)n(Cc3ncc4ccccc4c3Br)c2c1. The van der Waals surface area contributed by atoms with E-state index in [1.165, 1.54) is 0 Å². The number of benzene rings is 2. The smallest absolute Gasteiger partial charge is 0.264 e. The minimum absolute atomic E-state index is 0.0732. The minimum atomic E-state index is -3.66. The quantitative estimate of drug-likeness (QED) is 0.390. The van der Waals surface area contributed by atoms with Gasteiger partial charge in [0.1, 0.15) is 5.82 Å². The molecular formula is C23H23BrN4O3S. The van der Waals surface area contributed by atoms with Crippen molar-refractivity contribution in [1.29, 1.82) is 0 Å². The van der Waals surface area contributed by atoms with Crippen LogP contribution in [0.2, 0.25) is 0 Å². The number of unbranched alkanes of at least 4 members (excludes halogenated alkanes) is 1. The molecule has 0 atom stereocenters. The van der Waals surface area contributed by atoms with Crippen LogP contribution in [0.15, 0.2) is 53.1 Å². The summed E-state index contributed by atoms with van der Waals surface area (Å²) in [6, 6.07) is 13.0. The number of halogens is 1. The van der Waals surface area contributed by atoms with E-state index in [0.29, 0.717) is 13.0 Å². The van der Waals surface area contributed by atoms with E-state index < -0.39 is 15.9 Å². The first-order valence-electron chi connectivity index (χ1n) is 10.3. The zero-order valence-corrected chi connectivity index (χ0v) is 20.2. The number of pyridine rings is 1. The van der Waals surface area contributed by atoms with Crippen LogP contribution in [-0.2, 0) is 16.6 Å². The molecule has 0 saturated carbocycles. The number of sulfonamides is 1. The molecule has 0 fully saturated rings. The molecule has 4 aromatic rings. The van der Waals surface area contributed by atoms with Crippen LogP contribution in [0.5, 0.6) is 0 Å². The number of nitrogens with zero attached hydrogens (tertiary/aromatic N) is 3. The van der Waals surface area contributed by atoms with Crippen LogP contribution in [0, 0.1) is 6.92 Å². The Balaban J connectivity index is 1.68. The van der Waals surface area contributed by atoms with Crippen LogP contribution in [0.3, 0.4) is 0 Å². The lowest BCUT2D eigenvalue weighted by molar-refractivity contribution is 0.0981. The molecule has 7 nitrogen and oxygen atoms in total. The zero-order valence-electron chi connectivity index (χ0n) is 17.8. The number of hydrogen-bond donors (Lipinski definition) is 1. The Morgan fingerprint density at radius 2 is 1.97 bits per heavy atom. The van der Waals surface area contributed by atoms with Gasteiger partial charge in [-0.05, 0) is 52.9 Å². The van der Waals surface area contributed by atoms with Crippen molar-refractivity contribution >= 4 is 53.7 Å². The number of fused-ring (bicyclic) bond motifs is 2. The van der Waals surface area contributed by atoms with Crippen molar-refractivity contribution in [1.82, 2.24) is 19.3 Å². The van der Waals surface area contributed by atoms with Crippen molar-refractivity contribution < 1.29 is 13.2 Å². The molecule has 0 aliphatic carbocycles. The van der Waals surface area contributed by atoms with E-state index >= 15 is 0 Å². The Hall–Kier alpha value is -2.78. The number of hydrogen-bond acceptors (Lipinski definition) is 5. The summed E-state index contributed by atoms with van der Waals surface area (Å²) in [5.41, 5.74) is 2.57. The molecule has 0 bridgehead atoms. The van der Waals surface area contributed by atoms with E-state index in [0.717, 1.165) is 44.2 Å². The number of nitrogens with one attached hydrogen (secondary N) is 1. The van der Waals surface area contributed by atoms with E-state index in [2.05, 4.69) is 30.6 Å². The number of aromatic nitrogens is 3. The van der Waals surface area contributed by atoms with Gasteiger partial charge in [0.15, 0.2) is 0 Å². The normalized spacial score (nSPS) is 11.8. The highest BCUT2D eigenvalue weighted by molar-refractivity contribution is 9.10. The van der Waals surface area contributed by atoms with E-state index in [1.54, 1.807) is 18.2 Å². The van der Waals surface area contributed by atoms with Crippen LogP contribution in [-0.4, -0.2) is 34.6 Å². The highest BCUT2D eigenvalue weighted by atomic mass is 79.9.